The van der Waals surface area contributed by atoms with Gasteiger partial charge in [-0.3, -0.25) is 9.69 Å². The van der Waals surface area contributed by atoms with Gasteiger partial charge in [0, 0.05) is 37.6 Å². The van der Waals surface area contributed by atoms with Gasteiger partial charge in [-0.2, -0.15) is 0 Å². The monoisotopic (exact) mass is 330 g/mol. The first-order valence-electron chi connectivity index (χ1n) is 9.44. The standard InChI is InChI=1S/C20H30N2O2/c23-15-18-11-12-22(13-16-7-3-1-4-8-16)14-19(18)21-20(24)17-9-5-2-6-10-17/h1,3-4,7-8,17-19,23H,2,5-6,9-15H2,(H,21,24). The molecule has 4 nitrogen and oxygen atoms in total. The summed E-state index contributed by atoms with van der Waals surface area (Å²) in [5, 5.41) is 13.0. The molecule has 24 heavy (non-hydrogen) atoms. The van der Waals surface area contributed by atoms with Crippen molar-refractivity contribution in [2.45, 2.75) is 51.1 Å². The smallest absolute Gasteiger partial charge is 0.223 e. The van der Waals surface area contributed by atoms with E-state index in [4.69, 9.17) is 0 Å². The van der Waals surface area contributed by atoms with E-state index in [9.17, 15) is 9.90 Å². The van der Waals surface area contributed by atoms with Gasteiger partial charge in [0.2, 0.25) is 5.91 Å². The summed E-state index contributed by atoms with van der Waals surface area (Å²) in [5.41, 5.74) is 1.30. The minimum Gasteiger partial charge on any atom is -0.396 e. The maximum Gasteiger partial charge on any atom is 0.223 e. The topological polar surface area (TPSA) is 52.6 Å². The predicted octanol–water partition coefficient (Wildman–Crippen LogP) is 2.57. The van der Waals surface area contributed by atoms with Crippen LogP contribution in [0, 0.1) is 11.8 Å². The zero-order chi connectivity index (χ0) is 16.8. The van der Waals surface area contributed by atoms with Crippen molar-refractivity contribution in [1.29, 1.82) is 0 Å². The number of hydrogen-bond donors (Lipinski definition) is 2. The van der Waals surface area contributed by atoms with Crippen LogP contribution < -0.4 is 5.32 Å². The van der Waals surface area contributed by atoms with Gasteiger partial charge in [-0.05, 0) is 31.4 Å². The highest BCUT2D eigenvalue weighted by molar-refractivity contribution is 5.79. The summed E-state index contributed by atoms with van der Waals surface area (Å²) in [5.74, 6) is 0.576. The van der Waals surface area contributed by atoms with Gasteiger partial charge in [-0.15, -0.1) is 0 Å². The third-order valence-corrected chi connectivity index (χ3v) is 5.63. The van der Waals surface area contributed by atoms with Crippen LogP contribution >= 0.6 is 0 Å². The van der Waals surface area contributed by atoms with E-state index in [-0.39, 0.29) is 30.4 Å². The molecule has 3 rings (SSSR count). The van der Waals surface area contributed by atoms with Crippen molar-refractivity contribution in [3.05, 3.63) is 35.9 Å². The Balaban J connectivity index is 1.57. The van der Waals surface area contributed by atoms with Gasteiger partial charge in [0.25, 0.3) is 0 Å². The lowest BCUT2D eigenvalue weighted by Crippen LogP contribution is -2.54. The molecule has 4 heteroatoms. The first-order valence-corrected chi connectivity index (χ1v) is 9.44. The Bertz CT molecular complexity index is 514. The van der Waals surface area contributed by atoms with E-state index in [1.165, 1.54) is 24.8 Å². The number of rotatable bonds is 5. The zero-order valence-corrected chi connectivity index (χ0v) is 14.5. The highest BCUT2D eigenvalue weighted by Gasteiger charge is 2.32. The number of aliphatic hydroxyl groups is 1. The second kappa shape index (κ2) is 8.63. The summed E-state index contributed by atoms with van der Waals surface area (Å²) in [6.07, 6.45) is 6.60. The molecule has 2 atom stereocenters. The SMILES string of the molecule is O=C(NC1CN(Cc2ccccc2)CCC1CO)C1CCCCC1. The molecule has 1 aliphatic heterocycles. The quantitative estimate of drug-likeness (QED) is 0.872. The van der Waals surface area contributed by atoms with Crippen molar-refractivity contribution >= 4 is 5.91 Å². The van der Waals surface area contributed by atoms with Crippen LogP contribution in [0.15, 0.2) is 30.3 Å². The molecule has 132 valence electrons. The number of piperidine rings is 1. The molecule has 1 saturated carbocycles. The van der Waals surface area contributed by atoms with E-state index in [0.29, 0.717) is 0 Å². The van der Waals surface area contributed by atoms with Gasteiger partial charge in [0.1, 0.15) is 0 Å². The van der Waals surface area contributed by atoms with E-state index in [1.807, 2.05) is 6.07 Å². The summed E-state index contributed by atoms with van der Waals surface area (Å²) >= 11 is 0. The molecule has 0 bridgehead atoms. The van der Waals surface area contributed by atoms with Crippen LogP contribution in [-0.4, -0.2) is 41.7 Å². The number of benzene rings is 1. The van der Waals surface area contributed by atoms with Crippen molar-refractivity contribution in [3.8, 4) is 0 Å². The summed E-state index contributed by atoms with van der Waals surface area (Å²) in [4.78, 5) is 15.0. The molecule has 0 radical (unpaired) electrons. The molecule has 1 amide bonds. The Morgan fingerprint density at radius 1 is 1.12 bits per heavy atom. The van der Waals surface area contributed by atoms with Crippen LogP contribution in [0.2, 0.25) is 0 Å². The van der Waals surface area contributed by atoms with Gasteiger partial charge < -0.3 is 10.4 Å². The van der Waals surface area contributed by atoms with Crippen molar-refractivity contribution in [2.24, 2.45) is 11.8 Å². The Kier molecular flexibility index (Phi) is 6.27. The summed E-state index contributed by atoms with van der Waals surface area (Å²) in [7, 11) is 0. The fourth-order valence-electron chi connectivity index (χ4n) is 4.10. The number of likely N-dealkylation sites (tertiary alicyclic amines) is 1. The molecule has 2 N–H and O–H groups in total. The van der Waals surface area contributed by atoms with Crippen molar-refractivity contribution < 1.29 is 9.90 Å². The molecule has 0 spiro atoms. The van der Waals surface area contributed by atoms with Crippen LogP contribution in [0.25, 0.3) is 0 Å². The number of nitrogens with one attached hydrogen (secondary N) is 1. The maximum absolute atomic E-state index is 12.6. The average molecular weight is 330 g/mol. The fraction of sp³-hybridized carbons (Fsp3) is 0.650. The molecular weight excluding hydrogens is 300 g/mol. The van der Waals surface area contributed by atoms with Gasteiger partial charge in [0.15, 0.2) is 0 Å². The Morgan fingerprint density at radius 2 is 1.88 bits per heavy atom. The molecule has 1 saturated heterocycles. The second-order valence-corrected chi connectivity index (χ2v) is 7.40. The normalized spacial score (nSPS) is 26.2. The molecule has 2 aliphatic rings. The summed E-state index contributed by atoms with van der Waals surface area (Å²) in [6, 6.07) is 10.5. The van der Waals surface area contributed by atoms with E-state index in [0.717, 1.165) is 38.9 Å². The summed E-state index contributed by atoms with van der Waals surface area (Å²) < 4.78 is 0. The summed E-state index contributed by atoms with van der Waals surface area (Å²) in [6.45, 7) is 2.89. The maximum atomic E-state index is 12.6. The molecule has 0 aromatic heterocycles. The zero-order valence-electron chi connectivity index (χ0n) is 14.5. The Morgan fingerprint density at radius 3 is 2.58 bits per heavy atom. The van der Waals surface area contributed by atoms with Crippen LogP contribution in [-0.2, 0) is 11.3 Å². The first-order chi connectivity index (χ1) is 11.8. The highest BCUT2D eigenvalue weighted by Crippen LogP contribution is 2.25. The minimum absolute atomic E-state index is 0.0712. The number of hydrogen-bond acceptors (Lipinski definition) is 3. The van der Waals surface area contributed by atoms with Crippen LogP contribution in [0.5, 0.6) is 0 Å². The van der Waals surface area contributed by atoms with E-state index in [1.54, 1.807) is 0 Å². The molecule has 2 fully saturated rings. The molecular formula is C20H30N2O2. The number of nitrogens with zero attached hydrogens (tertiary/aromatic N) is 1. The van der Waals surface area contributed by atoms with Gasteiger partial charge in [0.05, 0.1) is 0 Å². The van der Waals surface area contributed by atoms with E-state index < -0.39 is 0 Å². The van der Waals surface area contributed by atoms with Crippen molar-refractivity contribution in [1.82, 2.24) is 10.2 Å². The second-order valence-electron chi connectivity index (χ2n) is 7.40. The lowest BCUT2D eigenvalue weighted by molar-refractivity contribution is -0.127. The van der Waals surface area contributed by atoms with Gasteiger partial charge >= 0.3 is 0 Å². The van der Waals surface area contributed by atoms with Crippen molar-refractivity contribution in [3.63, 3.8) is 0 Å². The van der Waals surface area contributed by atoms with Gasteiger partial charge in [-0.25, -0.2) is 0 Å². The third-order valence-electron chi connectivity index (χ3n) is 5.63. The average Bonchev–Trinajstić information content (AvgIpc) is 2.63. The minimum atomic E-state index is 0.0712. The molecule has 2 unspecified atom stereocenters. The van der Waals surface area contributed by atoms with Crippen LogP contribution in [0.4, 0.5) is 0 Å². The number of aliphatic hydroxyl groups excluding tert-OH is 1. The van der Waals surface area contributed by atoms with Gasteiger partial charge in [-0.1, -0.05) is 49.6 Å². The number of amides is 1. The largest absolute Gasteiger partial charge is 0.396 e. The number of carbonyl (C=O) groups is 1. The van der Waals surface area contributed by atoms with E-state index >= 15 is 0 Å². The fourth-order valence-corrected chi connectivity index (χ4v) is 4.10. The molecule has 1 heterocycles. The third kappa shape index (κ3) is 4.58. The molecule has 1 aromatic carbocycles. The lowest BCUT2D eigenvalue weighted by Gasteiger charge is -2.39. The molecule has 1 aliphatic carbocycles. The van der Waals surface area contributed by atoms with E-state index in [2.05, 4.69) is 34.5 Å². The van der Waals surface area contributed by atoms with Crippen LogP contribution in [0.1, 0.15) is 44.1 Å². The predicted molar refractivity (Wildman–Crippen MR) is 95.4 cm³/mol. The lowest BCUT2D eigenvalue weighted by atomic mass is 9.87. The van der Waals surface area contributed by atoms with Crippen LogP contribution in [0.3, 0.4) is 0 Å². The molecule has 1 aromatic rings. The number of carbonyl (C=O) groups excluding carboxylic acids is 1. The Labute approximate surface area is 145 Å². The first kappa shape index (κ1) is 17.4. The highest BCUT2D eigenvalue weighted by atomic mass is 16.3. The Hall–Kier alpha value is -1.39. The van der Waals surface area contributed by atoms with Crippen molar-refractivity contribution in [2.75, 3.05) is 19.7 Å².